The maximum atomic E-state index is 11.7. The first kappa shape index (κ1) is 21.5. The summed E-state index contributed by atoms with van der Waals surface area (Å²) in [5.41, 5.74) is 0.322. The van der Waals surface area contributed by atoms with E-state index in [-0.39, 0.29) is 13.2 Å². The predicted molar refractivity (Wildman–Crippen MR) is 98.4 cm³/mol. The lowest BCUT2D eigenvalue weighted by atomic mass is 10.2. The van der Waals surface area contributed by atoms with Gasteiger partial charge in [0.05, 0.1) is 6.61 Å². The molecule has 7 heteroatoms. The molecule has 1 N–H and O–H groups in total. The van der Waals surface area contributed by atoms with Gasteiger partial charge in [-0.25, -0.2) is 9.59 Å². The summed E-state index contributed by atoms with van der Waals surface area (Å²) in [6, 6.07) is 6.75. The van der Waals surface area contributed by atoms with E-state index in [1.54, 1.807) is 52.0 Å². The maximum Gasteiger partial charge on any atom is 0.412 e. The Bertz CT molecular complexity index is 618. The topological polar surface area (TPSA) is 83.1 Å². The molecule has 26 heavy (non-hydrogen) atoms. The number of carbonyl (C=O) groups excluding carboxylic acids is 2. The molecule has 1 amide bonds. The number of benzene rings is 1. The van der Waals surface area contributed by atoms with Crippen molar-refractivity contribution in [2.45, 2.75) is 39.4 Å². The van der Waals surface area contributed by atoms with E-state index in [0.29, 0.717) is 17.0 Å². The molecule has 0 aliphatic heterocycles. The molecule has 0 saturated heterocycles. The molecule has 144 valence electrons. The number of hydrogen-bond acceptors (Lipinski definition) is 6. The molecule has 0 aliphatic carbocycles. The second-order valence-corrected chi connectivity index (χ2v) is 6.73. The van der Waals surface area contributed by atoms with Crippen LogP contribution in [0.3, 0.4) is 0 Å². The number of nitrogens with one attached hydrogen (secondary N) is 1. The van der Waals surface area contributed by atoms with Crippen molar-refractivity contribution < 1.29 is 28.5 Å². The van der Waals surface area contributed by atoms with Crippen LogP contribution < -0.4 is 10.1 Å². The van der Waals surface area contributed by atoms with Crippen molar-refractivity contribution in [3.63, 3.8) is 0 Å². The van der Waals surface area contributed by atoms with Crippen LogP contribution >= 0.6 is 0 Å². The molecule has 1 rings (SSSR count). The highest BCUT2D eigenvalue weighted by atomic mass is 16.6. The fourth-order valence-corrected chi connectivity index (χ4v) is 1.80. The Morgan fingerprint density at radius 1 is 1.15 bits per heavy atom. The molecular weight excluding hydrogens is 338 g/mol. The van der Waals surface area contributed by atoms with Gasteiger partial charge in [0, 0.05) is 18.4 Å². The number of anilines is 1. The molecule has 0 spiro atoms. The van der Waals surface area contributed by atoms with Crippen molar-refractivity contribution in [2.24, 2.45) is 0 Å². The summed E-state index contributed by atoms with van der Waals surface area (Å²) in [5.74, 6) is 0.0692. The summed E-state index contributed by atoms with van der Waals surface area (Å²) in [7, 11) is 1.51. The Balaban J connectivity index is 2.56. The van der Waals surface area contributed by atoms with Crippen molar-refractivity contribution >= 4 is 17.7 Å². The molecule has 0 bridgehead atoms. The molecule has 0 aromatic heterocycles. The smallest absolute Gasteiger partial charge is 0.412 e. The first-order valence-electron chi connectivity index (χ1n) is 8.19. The van der Waals surface area contributed by atoms with Gasteiger partial charge in [0.15, 0.2) is 6.10 Å². The average Bonchev–Trinajstić information content (AvgIpc) is 2.52. The van der Waals surface area contributed by atoms with Crippen LogP contribution in [0.5, 0.6) is 5.75 Å². The van der Waals surface area contributed by atoms with Crippen LogP contribution in [0, 0.1) is 0 Å². The minimum atomic E-state index is -0.565. The van der Waals surface area contributed by atoms with Crippen LogP contribution in [-0.4, -0.2) is 44.1 Å². The van der Waals surface area contributed by atoms with Gasteiger partial charge in [0.2, 0.25) is 0 Å². The zero-order chi connectivity index (χ0) is 19.7. The summed E-state index contributed by atoms with van der Waals surface area (Å²) in [4.78, 5) is 23.3. The number of methoxy groups -OCH3 is 1. The number of ether oxygens (including phenoxy) is 4. The summed E-state index contributed by atoms with van der Waals surface area (Å²) < 4.78 is 21.1. The SMILES string of the molecule is C=C(C)C(=O)OC(COC)COc1ccc(NC(=O)OC(C)(C)C)cc1. The fourth-order valence-electron chi connectivity index (χ4n) is 1.80. The van der Waals surface area contributed by atoms with E-state index in [9.17, 15) is 9.59 Å². The molecule has 1 aromatic carbocycles. The predicted octanol–water partition coefficient (Wildman–Crippen LogP) is 3.55. The van der Waals surface area contributed by atoms with Crippen molar-refractivity contribution in [3.8, 4) is 5.75 Å². The van der Waals surface area contributed by atoms with Gasteiger partial charge in [-0.3, -0.25) is 5.32 Å². The average molecular weight is 365 g/mol. The van der Waals surface area contributed by atoms with Crippen LogP contribution in [0.4, 0.5) is 10.5 Å². The molecule has 0 aliphatic rings. The normalized spacial score (nSPS) is 12.0. The van der Waals surface area contributed by atoms with E-state index in [0.717, 1.165) is 0 Å². The third kappa shape index (κ3) is 8.53. The van der Waals surface area contributed by atoms with Gasteiger partial charge in [0.1, 0.15) is 18.0 Å². The molecule has 1 atom stereocenters. The first-order valence-corrected chi connectivity index (χ1v) is 8.19. The highest BCUT2D eigenvalue weighted by Gasteiger charge is 2.17. The fraction of sp³-hybridized carbons (Fsp3) is 0.474. The molecular formula is C19H27NO6. The minimum Gasteiger partial charge on any atom is -0.490 e. The lowest BCUT2D eigenvalue weighted by molar-refractivity contribution is -0.148. The van der Waals surface area contributed by atoms with E-state index >= 15 is 0 Å². The molecule has 0 fully saturated rings. The van der Waals surface area contributed by atoms with Crippen molar-refractivity contribution in [1.29, 1.82) is 0 Å². The minimum absolute atomic E-state index is 0.131. The Morgan fingerprint density at radius 2 is 1.77 bits per heavy atom. The number of hydrogen-bond donors (Lipinski definition) is 1. The van der Waals surface area contributed by atoms with Gasteiger partial charge in [-0.2, -0.15) is 0 Å². The zero-order valence-corrected chi connectivity index (χ0v) is 16.0. The van der Waals surface area contributed by atoms with Gasteiger partial charge in [-0.15, -0.1) is 0 Å². The highest BCUT2D eigenvalue weighted by Crippen LogP contribution is 2.17. The molecule has 1 aromatic rings. The van der Waals surface area contributed by atoms with Gasteiger partial charge in [-0.1, -0.05) is 6.58 Å². The van der Waals surface area contributed by atoms with Crippen LogP contribution in [-0.2, 0) is 19.0 Å². The Kier molecular flexibility index (Phi) is 8.12. The van der Waals surface area contributed by atoms with E-state index in [2.05, 4.69) is 11.9 Å². The Hall–Kier alpha value is -2.54. The third-order valence-corrected chi connectivity index (χ3v) is 2.91. The van der Waals surface area contributed by atoms with Gasteiger partial charge < -0.3 is 18.9 Å². The second kappa shape index (κ2) is 9.82. The Labute approximate surface area is 154 Å². The molecule has 1 unspecified atom stereocenters. The number of carbonyl (C=O) groups is 2. The lowest BCUT2D eigenvalue weighted by Crippen LogP contribution is -2.29. The second-order valence-electron chi connectivity index (χ2n) is 6.73. The summed E-state index contributed by atoms with van der Waals surface area (Å²) in [5, 5.41) is 2.63. The maximum absolute atomic E-state index is 11.7. The largest absolute Gasteiger partial charge is 0.490 e. The number of amides is 1. The van der Waals surface area contributed by atoms with Crippen molar-refractivity contribution in [1.82, 2.24) is 0 Å². The molecule has 7 nitrogen and oxygen atoms in total. The third-order valence-electron chi connectivity index (χ3n) is 2.91. The summed E-state index contributed by atoms with van der Waals surface area (Å²) >= 11 is 0. The van der Waals surface area contributed by atoms with Crippen molar-refractivity contribution in [2.75, 3.05) is 25.6 Å². The van der Waals surface area contributed by atoms with Gasteiger partial charge in [-0.05, 0) is 52.0 Å². The molecule has 0 heterocycles. The standard InChI is InChI=1S/C19H27NO6/c1-13(2)17(21)25-16(11-23-6)12-24-15-9-7-14(8-10-15)20-18(22)26-19(3,4)5/h7-10,16H,1,11-12H2,2-6H3,(H,20,22). The van der Waals surface area contributed by atoms with Crippen LogP contribution in [0.25, 0.3) is 0 Å². The van der Waals surface area contributed by atoms with Crippen LogP contribution in [0.15, 0.2) is 36.4 Å². The summed E-state index contributed by atoms with van der Waals surface area (Å²) in [6.45, 7) is 10.8. The molecule has 0 radical (unpaired) electrons. The molecule has 0 saturated carbocycles. The van der Waals surface area contributed by atoms with Crippen LogP contribution in [0.2, 0.25) is 0 Å². The van der Waals surface area contributed by atoms with E-state index in [4.69, 9.17) is 18.9 Å². The first-order chi connectivity index (χ1) is 12.1. The Morgan fingerprint density at radius 3 is 2.27 bits per heavy atom. The zero-order valence-electron chi connectivity index (χ0n) is 16.0. The van der Waals surface area contributed by atoms with Gasteiger partial charge >= 0.3 is 12.1 Å². The lowest BCUT2D eigenvalue weighted by Gasteiger charge is -2.20. The quantitative estimate of drug-likeness (QED) is 0.560. The van der Waals surface area contributed by atoms with Crippen molar-refractivity contribution in [3.05, 3.63) is 36.4 Å². The summed E-state index contributed by atoms with van der Waals surface area (Å²) in [6.07, 6.45) is -1.08. The van der Waals surface area contributed by atoms with Gasteiger partial charge in [0.25, 0.3) is 0 Å². The number of esters is 1. The van der Waals surface area contributed by atoms with E-state index in [1.165, 1.54) is 7.11 Å². The van der Waals surface area contributed by atoms with E-state index in [1.807, 2.05) is 0 Å². The van der Waals surface area contributed by atoms with Crippen LogP contribution in [0.1, 0.15) is 27.7 Å². The monoisotopic (exact) mass is 365 g/mol. The van der Waals surface area contributed by atoms with E-state index < -0.39 is 23.8 Å². The number of rotatable bonds is 8. The highest BCUT2D eigenvalue weighted by molar-refractivity contribution is 5.87.